The van der Waals surface area contributed by atoms with Crippen molar-refractivity contribution < 1.29 is 57.8 Å². The average Bonchev–Trinajstić information content (AvgIpc) is 3.34. The van der Waals surface area contributed by atoms with Crippen LogP contribution in [0.4, 0.5) is 0 Å². The molecule has 0 radical (unpaired) electrons. The standard InChI is InChI=1S/C54H92N12O12/c1-15-29(10)41-50(73)65-43(31(12)56)51(74)60-37(23-34-19-17-16-18-20-34)46(69)58-35(21-25(2)3)47(70)64-44(32(13)57)53(76)62-40(28(8)9)49(72)59-36(22-26(4)5)48(71)66-45(33(14)67)54(77)78-38(27(6)7)24-39(68)61-42(30(11)55)52(75)63-41/h16-20,25-33,35-38,40-45,67H,15,21-24,55-57H2,1-14H3,(H,58,69)(H,59,72)(H,60,74)(H,61,68)(H,62,76)(H,63,75)(H,64,70)(H,65,73)(H,66,71)/t29-,30?,31?,32?,33+,35-,36-,37+,38?,40+,41-,42-,43-,44-,45-/m0/s1. The molecule has 24 nitrogen and oxygen atoms in total. The average molecular weight is 1100 g/mol. The molecule has 1 aliphatic rings. The summed E-state index contributed by atoms with van der Waals surface area (Å²) < 4.78 is 5.75. The molecule has 1 aliphatic heterocycles. The van der Waals surface area contributed by atoms with Gasteiger partial charge in [-0.15, -0.1) is 0 Å². The highest BCUT2D eigenvalue weighted by atomic mass is 16.5. The van der Waals surface area contributed by atoms with Gasteiger partial charge in [0.05, 0.1) is 12.5 Å². The van der Waals surface area contributed by atoms with Gasteiger partial charge < -0.3 is 74.9 Å². The van der Waals surface area contributed by atoms with Gasteiger partial charge in [0.25, 0.3) is 0 Å². The summed E-state index contributed by atoms with van der Waals surface area (Å²) in [4.78, 5) is 141. The normalized spacial score (nSPS) is 28.0. The van der Waals surface area contributed by atoms with E-state index in [1.54, 1.807) is 99.6 Å². The Morgan fingerprint density at radius 3 is 1.28 bits per heavy atom. The van der Waals surface area contributed by atoms with Crippen LogP contribution in [-0.2, 0) is 59.1 Å². The van der Waals surface area contributed by atoms with Gasteiger partial charge in [-0.3, -0.25) is 43.2 Å². The molecule has 0 aromatic heterocycles. The van der Waals surface area contributed by atoms with Crippen molar-refractivity contribution in [3.05, 3.63) is 35.9 Å². The summed E-state index contributed by atoms with van der Waals surface area (Å²) in [6.45, 7) is 22.8. The number of cyclic esters (lactones) is 1. The van der Waals surface area contributed by atoms with Crippen LogP contribution in [0, 0.1) is 29.6 Å². The third-order valence-electron chi connectivity index (χ3n) is 13.4. The van der Waals surface area contributed by atoms with Crippen LogP contribution in [0.2, 0.25) is 0 Å². The number of benzene rings is 1. The van der Waals surface area contributed by atoms with E-state index in [0.29, 0.717) is 12.0 Å². The van der Waals surface area contributed by atoms with E-state index in [1.807, 2.05) is 0 Å². The molecule has 78 heavy (non-hydrogen) atoms. The van der Waals surface area contributed by atoms with Gasteiger partial charge in [-0.05, 0) is 75.7 Å². The summed E-state index contributed by atoms with van der Waals surface area (Å²) in [7, 11) is 0. The zero-order valence-corrected chi connectivity index (χ0v) is 48.1. The zero-order chi connectivity index (χ0) is 59.5. The smallest absolute Gasteiger partial charge is 0.331 e. The second-order valence-corrected chi connectivity index (χ2v) is 22.5. The fourth-order valence-electron chi connectivity index (χ4n) is 8.47. The highest BCUT2D eigenvalue weighted by Crippen LogP contribution is 2.17. The lowest BCUT2D eigenvalue weighted by molar-refractivity contribution is -0.159. The molecule has 1 aromatic rings. The van der Waals surface area contributed by atoms with E-state index in [4.69, 9.17) is 21.9 Å². The van der Waals surface area contributed by atoms with Crippen LogP contribution in [0.15, 0.2) is 30.3 Å². The first-order valence-corrected chi connectivity index (χ1v) is 27.2. The predicted octanol–water partition coefficient (Wildman–Crippen LogP) is -1.22. The van der Waals surface area contributed by atoms with Crippen LogP contribution in [0.25, 0.3) is 0 Å². The van der Waals surface area contributed by atoms with Gasteiger partial charge in [0.15, 0.2) is 6.04 Å². The number of aliphatic hydroxyl groups is 1. The lowest BCUT2D eigenvalue weighted by Gasteiger charge is -2.31. The Labute approximate surface area is 459 Å². The van der Waals surface area contributed by atoms with Crippen molar-refractivity contribution in [2.24, 2.45) is 46.8 Å². The minimum absolute atomic E-state index is 0.0356. The second kappa shape index (κ2) is 32.0. The Kier molecular flexibility index (Phi) is 27.8. The summed E-state index contributed by atoms with van der Waals surface area (Å²) in [5.74, 6) is -10.8. The van der Waals surface area contributed by atoms with Crippen molar-refractivity contribution in [3.8, 4) is 0 Å². The van der Waals surface area contributed by atoms with Crippen LogP contribution >= 0.6 is 0 Å². The maximum Gasteiger partial charge on any atom is 0.331 e. The molecule has 1 heterocycles. The van der Waals surface area contributed by atoms with Gasteiger partial charge in [-0.2, -0.15) is 0 Å². The van der Waals surface area contributed by atoms with Crippen molar-refractivity contribution in [2.45, 2.75) is 214 Å². The van der Waals surface area contributed by atoms with Crippen LogP contribution in [-0.4, -0.2) is 149 Å². The Morgan fingerprint density at radius 1 is 0.474 bits per heavy atom. The van der Waals surface area contributed by atoms with E-state index in [2.05, 4.69) is 47.9 Å². The third kappa shape index (κ3) is 21.5. The van der Waals surface area contributed by atoms with E-state index in [0.717, 1.165) is 0 Å². The van der Waals surface area contributed by atoms with Crippen molar-refractivity contribution in [2.75, 3.05) is 0 Å². The lowest BCUT2D eigenvalue weighted by Crippen LogP contribution is -2.65. The zero-order valence-electron chi connectivity index (χ0n) is 48.1. The van der Waals surface area contributed by atoms with E-state index in [1.165, 1.54) is 27.7 Å². The number of amides is 9. The van der Waals surface area contributed by atoms with Crippen molar-refractivity contribution in [3.63, 3.8) is 0 Å². The van der Waals surface area contributed by atoms with Gasteiger partial charge in [-0.25, -0.2) is 4.79 Å². The van der Waals surface area contributed by atoms with Crippen LogP contribution < -0.4 is 65.1 Å². The highest BCUT2D eigenvalue weighted by Gasteiger charge is 2.40. The number of nitrogens with two attached hydrogens (primary N) is 3. The molecular formula is C54H92N12O12. The summed E-state index contributed by atoms with van der Waals surface area (Å²) >= 11 is 0. The van der Waals surface area contributed by atoms with Gasteiger partial charge in [0.1, 0.15) is 54.4 Å². The Morgan fingerprint density at radius 2 is 0.846 bits per heavy atom. The fourth-order valence-corrected chi connectivity index (χ4v) is 8.47. The van der Waals surface area contributed by atoms with E-state index in [9.17, 15) is 53.1 Å². The molecule has 4 unspecified atom stereocenters. The first-order chi connectivity index (χ1) is 36.3. The molecule has 0 bridgehead atoms. The van der Waals surface area contributed by atoms with Crippen LogP contribution in [0.1, 0.15) is 128 Å². The fraction of sp³-hybridized carbons (Fsp3) is 0.704. The number of nitrogens with one attached hydrogen (secondary N) is 9. The molecule has 440 valence electrons. The summed E-state index contributed by atoms with van der Waals surface area (Å²) in [5.41, 5.74) is 19.5. The van der Waals surface area contributed by atoms with Crippen LogP contribution in [0.3, 0.4) is 0 Å². The summed E-state index contributed by atoms with van der Waals surface area (Å²) in [5, 5.41) is 34.6. The lowest BCUT2D eigenvalue weighted by atomic mass is 9.96. The molecule has 2 rings (SSSR count). The number of hydrogen-bond donors (Lipinski definition) is 13. The molecule has 0 saturated carbocycles. The molecule has 1 saturated heterocycles. The van der Waals surface area contributed by atoms with Crippen molar-refractivity contribution in [1.29, 1.82) is 0 Å². The summed E-state index contributed by atoms with van der Waals surface area (Å²) in [6, 6.07) is -7.24. The maximum absolute atomic E-state index is 14.5. The van der Waals surface area contributed by atoms with E-state index >= 15 is 0 Å². The minimum Gasteiger partial charge on any atom is -0.460 e. The molecule has 1 aromatic carbocycles. The Bertz CT molecular complexity index is 2190. The monoisotopic (exact) mass is 1100 g/mol. The number of ether oxygens (including phenoxy) is 1. The quantitative estimate of drug-likeness (QED) is 0.0972. The molecule has 0 aliphatic carbocycles. The maximum atomic E-state index is 14.5. The van der Waals surface area contributed by atoms with E-state index in [-0.39, 0.29) is 31.1 Å². The molecule has 15 atom stereocenters. The Hall–Kier alpha value is -6.24. The Balaban J connectivity index is 2.85. The van der Waals surface area contributed by atoms with Crippen molar-refractivity contribution >= 4 is 59.1 Å². The number of carbonyl (C=O) groups is 10. The van der Waals surface area contributed by atoms with Crippen LogP contribution in [0.5, 0.6) is 0 Å². The first-order valence-electron chi connectivity index (χ1n) is 27.2. The number of carbonyl (C=O) groups excluding carboxylic acids is 10. The number of aliphatic hydroxyl groups excluding tert-OH is 1. The molecule has 0 spiro atoms. The number of hydrogen-bond acceptors (Lipinski definition) is 15. The second-order valence-electron chi connectivity index (χ2n) is 22.5. The topological polar surface area (TPSA) is 386 Å². The van der Waals surface area contributed by atoms with Gasteiger partial charge in [0, 0.05) is 24.5 Å². The summed E-state index contributed by atoms with van der Waals surface area (Å²) in [6.07, 6.45) is -2.89. The van der Waals surface area contributed by atoms with Gasteiger partial charge in [-0.1, -0.05) is 106 Å². The number of esters is 1. The molecule has 24 heteroatoms. The predicted molar refractivity (Wildman–Crippen MR) is 293 cm³/mol. The van der Waals surface area contributed by atoms with Crippen molar-refractivity contribution in [1.82, 2.24) is 47.9 Å². The SMILES string of the molecule is CC[C@H](C)[C@@H]1NC(=O)[C@H](C(C)N)NC(=O)CC(C(C)C)OC(=O)[C@H]([C@@H](C)O)NC(=O)[C@H](CC(C)C)NC(=O)[C@@H](C(C)C)NC(=O)[C@H](C(C)N)NC(=O)[C@H](CC(C)C)NC(=O)[C@@H](Cc2ccccc2)NC(=O)[C@H](C(C)N)NC1=O. The first kappa shape index (κ1) is 67.9. The van der Waals surface area contributed by atoms with Gasteiger partial charge in [0.2, 0.25) is 53.2 Å². The largest absolute Gasteiger partial charge is 0.460 e. The molecule has 9 amide bonds. The highest BCUT2D eigenvalue weighted by molar-refractivity contribution is 5.99. The third-order valence-corrected chi connectivity index (χ3v) is 13.4. The molecule has 1 fully saturated rings. The van der Waals surface area contributed by atoms with Gasteiger partial charge >= 0.3 is 5.97 Å². The minimum atomic E-state index is -1.70. The number of rotatable bonds is 14. The van der Waals surface area contributed by atoms with E-state index < -0.39 is 168 Å². The molecular weight excluding hydrogens is 1010 g/mol. The molecule has 16 N–H and O–H groups in total.